The number of para-hydroxylation sites is 1. The number of rotatable bonds is 8. The van der Waals surface area contributed by atoms with Gasteiger partial charge in [-0.05, 0) is 35.7 Å². The molecule has 0 amide bonds. The first-order valence-electron chi connectivity index (χ1n) is 12.1. The van der Waals surface area contributed by atoms with Crippen LogP contribution in [0, 0.1) is 5.92 Å². The van der Waals surface area contributed by atoms with Gasteiger partial charge in [0.15, 0.2) is 5.65 Å². The highest BCUT2D eigenvalue weighted by molar-refractivity contribution is 5.89. The van der Waals surface area contributed by atoms with E-state index in [1.54, 1.807) is 10.9 Å². The van der Waals surface area contributed by atoms with E-state index >= 15 is 0 Å². The van der Waals surface area contributed by atoms with Crippen LogP contribution in [0.1, 0.15) is 12.5 Å². The predicted octanol–water partition coefficient (Wildman–Crippen LogP) is 3.38. The monoisotopic (exact) mass is 496 g/mol. The highest BCUT2D eigenvalue weighted by Crippen LogP contribution is 2.26. The maximum atomic E-state index is 13.3. The Balaban J connectivity index is 1.63. The Bertz CT molecular complexity index is 1640. The van der Waals surface area contributed by atoms with Crippen LogP contribution < -0.4 is 16.6 Å². The molecule has 0 fully saturated rings. The molecule has 0 aliphatic heterocycles. The molecular formula is C28H28N6O3. The van der Waals surface area contributed by atoms with E-state index in [9.17, 15) is 14.7 Å². The third kappa shape index (κ3) is 4.81. The molecular weight excluding hydrogens is 468 g/mol. The van der Waals surface area contributed by atoms with Gasteiger partial charge in [-0.15, -0.1) is 0 Å². The number of pyridine rings is 1. The first kappa shape index (κ1) is 24.2. The van der Waals surface area contributed by atoms with Gasteiger partial charge in [-0.1, -0.05) is 55.5 Å². The lowest BCUT2D eigenvalue weighted by molar-refractivity contribution is 0.222. The van der Waals surface area contributed by atoms with Crippen LogP contribution in [0.3, 0.4) is 0 Å². The predicted molar refractivity (Wildman–Crippen MR) is 144 cm³/mol. The highest BCUT2D eigenvalue weighted by atomic mass is 16.3. The number of nitrogens with zero attached hydrogens (tertiary/aromatic N) is 5. The van der Waals surface area contributed by atoms with E-state index in [2.05, 4.69) is 10.3 Å². The van der Waals surface area contributed by atoms with Gasteiger partial charge in [0.2, 0.25) is 0 Å². The number of aliphatic hydroxyl groups excluding tert-OH is 1. The first-order chi connectivity index (χ1) is 18.0. The minimum atomic E-state index is -0.464. The zero-order valence-electron chi connectivity index (χ0n) is 20.7. The normalized spacial score (nSPS) is 12.1. The van der Waals surface area contributed by atoms with Crippen molar-refractivity contribution in [3.63, 3.8) is 0 Å². The average molecular weight is 497 g/mol. The maximum absolute atomic E-state index is 13.3. The third-order valence-electron chi connectivity index (χ3n) is 6.32. The number of aromatic nitrogens is 5. The fraction of sp³-hybridized carbons (Fsp3) is 0.214. The van der Waals surface area contributed by atoms with Crippen LogP contribution in [0.2, 0.25) is 0 Å². The summed E-state index contributed by atoms with van der Waals surface area (Å²) in [6.07, 6.45) is 1.76. The lowest BCUT2D eigenvalue weighted by Gasteiger charge is -2.12. The molecule has 2 aromatic carbocycles. The van der Waals surface area contributed by atoms with Gasteiger partial charge in [0.25, 0.3) is 5.56 Å². The van der Waals surface area contributed by atoms with Gasteiger partial charge in [-0.25, -0.2) is 9.48 Å². The lowest BCUT2D eigenvalue weighted by Crippen LogP contribution is -2.39. The van der Waals surface area contributed by atoms with Crippen molar-refractivity contribution in [3.8, 4) is 11.3 Å². The van der Waals surface area contributed by atoms with Crippen molar-refractivity contribution in [1.82, 2.24) is 23.9 Å². The molecule has 9 heteroatoms. The van der Waals surface area contributed by atoms with Crippen LogP contribution in [-0.2, 0) is 20.1 Å². The summed E-state index contributed by atoms with van der Waals surface area (Å²) in [5.41, 5.74) is 3.04. The summed E-state index contributed by atoms with van der Waals surface area (Å²) in [6.45, 7) is 2.36. The molecule has 37 heavy (non-hydrogen) atoms. The first-order valence-corrected chi connectivity index (χ1v) is 12.1. The van der Waals surface area contributed by atoms with Crippen LogP contribution >= 0.6 is 0 Å². The van der Waals surface area contributed by atoms with Gasteiger partial charge in [-0.3, -0.25) is 18.9 Å². The average Bonchev–Trinajstić information content (AvgIpc) is 3.28. The largest absolute Gasteiger partial charge is 0.396 e. The van der Waals surface area contributed by atoms with Crippen LogP contribution in [0.15, 0.2) is 88.6 Å². The Morgan fingerprint density at radius 1 is 0.973 bits per heavy atom. The number of fused-ring (bicyclic) bond motifs is 1. The molecule has 9 nitrogen and oxygen atoms in total. The quantitative estimate of drug-likeness (QED) is 0.341. The molecule has 0 aliphatic carbocycles. The summed E-state index contributed by atoms with van der Waals surface area (Å²) in [4.78, 5) is 30.8. The fourth-order valence-corrected chi connectivity index (χ4v) is 4.28. The van der Waals surface area contributed by atoms with Gasteiger partial charge in [0, 0.05) is 37.6 Å². The SMILES string of the molecule is C[C@@H](CO)Cn1c(=O)n(C)c(=O)c2c(Nc3ccccc3)n(Cc3ccc(-c4ccccn4)cc3)nc21. The van der Waals surface area contributed by atoms with Crippen molar-refractivity contribution >= 4 is 22.5 Å². The summed E-state index contributed by atoms with van der Waals surface area (Å²) in [7, 11) is 1.46. The summed E-state index contributed by atoms with van der Waals surface area (Å²) in [6, 6.07) is 23.3. The molecule has 3 aromatic heterocycles. The zero-order chi connectivity index (χ0) is 25.9. The van der Waals surface area contributed by atoms with Crippen molar-refractivity contribution in [2.45, 2.75) is 20.0 Å². The third-order valence-corrected chi connectivity index (χ3v) is 6.32. The van der Waals surface area contributed by atoms with Gasteiger partial charge in [0.05, 0.1) is 12.2 Å². The summed E-state index contributed by atoms with van der Waals surface area (Å²) < 4.78 is 4.28. The molecule has 0 saturated heterocycles. The second-order valence-electron chi connectivity index (χ2n) is 9.15. The Hall–Kier alpha value is -4.50. The van der Waals surface area contributed by atoms with Crippen LogP contribution in [0.25, 0.3) is 22.3 Å². The topological polar surface area (TPSA) is 107 Å². The highest BCUT2D eigenvalue weighted by Gasteiger charge is 2.22. The number of aliphatic hydroxyl groups is 1. The number of hydrogen-bond acceptors (Lipinski definition) is 6. The van der Waals surface area contributed by atoms with Crippen molar-refractivity contribution in [2.24, 2.45) is 13.0 Å². The number of hydrogen-bond donors (Lipinski definition) is 2. The molecule has 5 rings (SSSR count). The smallest absolute Gasteiger partial charge is 0.332 e. The standard InChI is InChI=1S/C28H28N6O3/c1-19(18-35)16-33-26-24(27(36)32(2)28(33)37)25(30-22-8-4-3-5-9-22)34(31-26)17-20-11-13-21(14-12-20)23-10-6-7-15-29-23/h3-15,19,30,35H,16-18H2,1-2H3/t19-/m1/s1. The molecule has 0 bridgehead atoms. The van der Waals surface area contributed by atoms with E-state index in [1.807, 2.05) is 79.7 Å². The van der Waals surface area contributed by atoms with Crippen molar-refractivity contribution in [1.29, 1.82) is 0 Å². The van der Waals surface area contributed by atoms with E-state index in [1.165, 1.54) is 11.6 Å². The Morgan fingerprint density at radius 3 is 2.38 bits per heavy atom. The minimum Gasteiger partial charge on any atom is -0.396 e. The van der Waals surface area contributed by atoms with Gasteiger partial charge in [0.1, 0.15) is 11.2 Å². The maximum Gasteiger partial charge on any atom is 0.332 e. The summed E-state index contributed by atoms with van der Waals surface area (Å²) in [5.74, 6) is 0.314. The van der Waals surface area contributed by atoms with Crippen molar-refractivity contribution in [2.75, 3.05) is 11.9 Å². The molecule has 2 N–H and O–H groups in total. The van der Waals surface area contributed by atoms with E-state index < -0.39 is 11.2 Å². The van der Waals surface area contributed by atoms with Crippen LogP contribution in [0.4, 0.5) is 11.5 Å². The van der Waals surface area contributed by atoms with Crippen molar-refractivity contribution < 1.29 is 5.11 Å². The number of nitrogens with one attached hydrogen (secondary N) is 1. The van der Waals surface area contributed by atoms with Gasteiger partial charge < -0.3 is 10.4 Å². The Kier molecular flexibility index (Phi) is 6.70. The molecule has 0 saturated carbocycles. The molecule has 0 radical (unpaired) electrons. The zero-order valence-corrected chi connectivity index (χ0v) is 20.7. The second-order valence-corrected chi connectivity index (χ2v) is 9.15. The Labute approximate surface area is 213 Å². The van der Waals surface area contributed by atoms with E-state index in [0.717, 1.165) is 27.1 Å². The Morgan fingerprint density at radius 2 is 1.70 bits per heavy atom. The van der Waals surface area contributed by atoms with E-state index in [0.29, 0.717) is 17.7 Å². The molecule has 188 valence electrons. The number of benzene rings is 2. The molecule has 0 aliphatic rings. The number of anilines is 2. The van der Waals surface area contributed by atoms with E-state index in [-0.39, 0.29) is 24.7 Å². The van der Waals surface area contributed by atoms with Crippen molar-refractivity contribution in [3.05, 3.63) is 105 Å². The molecule has 3 heterocycles. The molecule has 0 spiro atoms. The summed E-state index contributed by atoms with van der Waals surface area (Å²) >= 11 is 0. The van der Waals surface area contributed by atoms with Gasteiger partial charge in [-0.2, -0.15) is 5.10 Å². The van der Waals surface area contributed by atoms with Crippen LogP contribution in [0.5, 0.6) is 0 Å². The summed E-state index contributed by atoms with van der Waals surface area (Å²) in [5, 5.41) is 18.0. The molecule has 1 atom stereocenters. The fourth-order valence-electron chi connectivity index (χ4n) is 4.28. The van der Waals surface area contributed by atoms with Crippen LogP contribution in [-0.4, -0.2) is 35.6 Å². The minimum absolute atomic E-state index is 0.0881. The van der Waals surface area contributed by atoms with Gasteiger partial charge >= 0.3 is 5.69 Å². The molecule has 0 unspecified atom stereocenters. The molecule has 5 aromatic rings. The lowest BCUT2D eigenvalue weighted by atomic mass is 10.1. The van der Waals surface area contributed by atoms with E-state index in [4.69, 9.17) is 5.10 Å². The second kappa shape index (κ2) is 10.2.